The first-order valence-electron chi connectivity index (χ1n) is 4.17. The van der Waals surface area contributed by atoms with Gasteiger partial charge in [-0.25, -0.2) is 0 Å². The van der Waals surface area contributed by atoms with Crippen LogP contribution in [-0.4, -0.2) is 36.5 Å². The van der Waals surface area contributed by atoms with Gasteiger partial charge in [0.2, 0.25) is 5.91 Å². The molecule has 0 aromatic heterocycles. The zero-order valence-corrected chi connectivity index (χ0v) is 7.42. The number of carbonyl (C=O) groups excluding carboxylic acids is 1. The fraction of sp³-hybridized carbons (Fsp3) is 0.875. The van der Waals surface area contributed by atoms with Gasteiger partial charge in [0.25, 0.3) is 0 Å². The van der Waals surface area contributed by atoms with E-state index in [9.17, 15) is 4.79 Å². The molecular weight excluding hydrogens is 140 g/mol. The van der Waals surface area contributed by atoms with Gasteiger partial charge >= 0.3 is 0 Å². The summed E-state index contributed by atoms with van der Waals surface area (Å²) < 4.78 is 0. The predicted octanol–water partition coefficient (Wildman–Crippen LogP) is 0.215. The third-order valence-electron chi connectivity index (χ3n) is 2.40. The number of likely N-dealkylation sites (N-methyl/N-ethyl adjacent to an activating group) is 1. The molecule has 1 saturated heterocycles. The molecule has 1 rings (SSSR count). The molecule has 1 aliphatic rings. The Bertz CT molecular complexity index is 158. The SMILES string of the molecule is CCC1CNC(C)C(=O)N1C. The van der Waals surface area contributed by atoms with Crippen molar-refractivity contribution in [1.29, 1.82) is 0 Å². The summed E-state index contributed by atoms with van der Waals surface area (Å²) in [5.74, 6) is 0.211. The lowest BCUT2D eigenvalue weighted by molar-refractivity contribution is -0.136. The summed E-state index contributed by atoms with van der Waals surface area (Å²) in [7, 11) is 1.88. The monoisotopic (exact) mass is 156 g/mol. The summed E-state index contributed by atoms with van der Waals surface area (Å²) in [4.78, 5) is 13.2. The Morgan fingerprint density at radius 2 is 2.36 bits per heavy atom. The number of nitrogens with zero attached hydrogens (tertiary/aromatic N) is 1. The van der Waals surface area contributed by atoms with E-state index in [-0.39, 0.29) is 11.9 Å². The molecule has 1 amide bonds. The van der Waals surface area contributed by atoms with E-state index in [0.29, 0.717) is 6.04 Å². The van der Waals surface area contributed by atoms with Crippen LogP contribution in [0.15, 0.2) is 0 Å². The predicted molar refractivity (Wildman–Crippen MR) is 44.3 cm³/mol. The van der Waals surface area contributed by atoms with Crippen LogP contribution in [0.25, 0.3) is 0 Å². The van der Waals surface area contributed by atoms with Crippen molar-refractivity contribution >= 4 is 5.91 Å². The van der Waals surface area contributed by atoms with E-state index in [1.54, 1.807) is 0 Å². The summed E-state index contributed by atoms with van der Waals surface area (Å²) >= 11 is 0. The van der Waals surface area contributed by atoms with Gasteiger partial charge in [-0.1, -0.05) is 6.92 Å². The third-order valence-corrected chi connectivity index (χ3v) is 2.40. The fourth-order valence-electron chi connectivity index (χ4n) is 1.44. The van der Waals surface area contributed by atoms with Crippen LogP contribution in [0.1, 0.15) is 20.3 Å². The van der Waals surface area contributed by atoms with Crippen LogP contribution in [0.5, 0.6) is 0 Å². The molecule has 3 nitrogen and oxygen atoms in total. The second-order valence-corrected chi connectivity index (χ2v) is 3.14. The van der Waals surface area contributed by atoms with Crippen LogP contribution in [0.3, 0.4) is 0 Å². The maximum absolute atomic E-state index is 11.4. The average molecular weight is 156 g/mol. The highest BCUT2D eigenvalue weighted by molar-refractivity contribution is 5.82. The standard InChI is InChI=1S/C8H16N2O/c1-4-7-5-9-6(2)8(11)10(7)3/h6-7,9H,4-5H2,1-3H3. The molecule has 1 N–H and O–H groups in total. The molecule has 3 heteroatoms. The smallest absolute Gasteiger partial charge is 0.239 e. The molecule has 1 heterocycles. The Morgan fingerprint density at radius 3 is 2.91 bits per heavy atom. The highest BCUT2D eigenvalue weighted by atomic mass is 16.2. The summed E-state index contributed by atoms with van der Waals surface area (Å²) in [6.07, 6.45) is 1.03. The van der Waals surface area contributed by atoms with Gasteiger partial charge in [0.15, 0.2) is 0 Å². The van der Waals surface area contributed by atoms with Crippen molar-refractivity contribution in [2.45, 2.75) is 32.4 Å². The van der Waals surface area contributed by atoms with Gasteiger partial charge in [-0.3, -0.25) is 4.79 Å². The number of hydrogen-bond acceptors (Lipinski definition) is 2. The summed E-state index contributed by atoms with van der Waals surface area (Å²) in [5, 5.41) is 3.17. The highest BCUT2D eigenvalue weighted by Crippen LogP contribution is 2.08. The number of piperazine rings is 1. The summed E-state index contributed by atoms with van der Waals surface area (Å²) in [6.45, 7) is 4.94. The van der Waals surface area contributed by atoms with Gasteiger partial charge < -0.3 is 10.2 Å². The van der Waals surface area contributed by atoms with Crippen LogP contribution in [0.4, 0.5) is 0 Å². The second-order valence-electron chi connectivity index (χ2n) is 3.14. The minimum atomic E-state index is 0.00259. The summed E-state index contributed by atoms with van der Waals surface area (Å²) in [5.41, 5.74) is 0. The Morgan fingerprint density at radius 1 is 1.73 bits per heavy atom. The molecule has 0 aromatic carbocycles. The van der Waals surface area contributed by atoms with Crippen LogP contribution in [-0.2, 0) is 4.79 Å². The number of hydrogen-bond donors (Lipinski definition) is 1. The molecule has 2 atom stereocenters. The van der Waals surface area contributed by atoms with Crippen LogP contribution >= 0.6 is 0 Å². The number of amides is 1. The van der Waals surface area contributed by atoms with Crippen molar-refractivity contribution in [3.05, 3.63) is 0 Å². The highest BCUT2D eigenvalue weighted by Gasteiger charge is 2.27. The number of carbonyl (C=O) groups is 1. The van der Waals surface area contributed by atoms with Gasteiger partial charge in [-0.15, -0.1) is 0 Å². The quantitative estimate of drug-likeness (QED) is 0.589. The van der Waals surface area contributed by atoms with Gasteiger partial charge in [0.1, 0.15) is 0 Å². The van der Waals surface area contributed by atoms with Gasteiger partial charge in [-0.05, 0) is 13.3 Å². The van der Waals surface area contributed by atoms with E-state index in [2.05, 4.69) is 12.2 Å². The molecule has 1 aliphatic heterocycles. The van der Waals surface area contributed by atoms with Crippen LogP contribution in [0.2, 0.25) is 0 Å². The summed E-state index contributed by atoms with van der Waals surface area (Å²) in [6, 6.07) is 0.390. The first-order chi connectivity index (χ1) is 5.16. The molecule has 0 aromatic rings. The Labute approximate surface area is 67.8 Å². The van der Waals surface area contributed by atoms with Crippen LogP contribution in [0, 0.1) is 0 Å². The third kappa shape index (κ3) is 1.53. The van der Waals surface area contributed by atoms with Gasteiger partial charge in [0.05, 0.1) is 6.04 Å². The van der Waals surface area contributed by atoms with E-state index < -0.39 is 0 Å². The molecule has 11 heavy (non-hydrogen) atoms. The zero-order chi connectivity index (χ0) is 8.43. The molecule has 0 saturated carbocycles. The lowest BCUT2D eigenvalue weighted by Gasteiger charge is -2.35. The maximum Gasteiger partial charge on any atom is 0.239 e. The van der Waals surface area contributed by atoms with Gasteiger partial charge in [-0.2, -0.15) is 0 Å². The second kappa shape index (κ2) is 3.22. The largest absolute Gasteiger partial charge is 0.340 e. The average Bonchev–Trinajstić information content (AvgIpc) is 2.01. The first-order valence-corrected chi connectivity index (χ1v) is 4.17. The van der Waals surface area contributed by atoms with Crippen molar-refractivity contribution in [2.75, 3.05) is 13.6 Å². The lowest BCUT2D eigenvalue weighted by Crippen LogP contribution is -2.57. The first kappa shape index (κ1) is 8.53. The molecule has 0 bridgehead atoms. The van der Waals surface area contributed by atoms with E-state index >= 15 is 0 Å². The molecular formula is C8H16N2O. The maximum atomic E-state index is 11.4. The Hall–Kier alpha value is -0.570. The van der Waals surface area contributed by atoms with E-state index in [1.165, 1.54) is 0 Å². The van der Waals surface area contributed by atoms with E-state index in [1.807, 2.05) is 18.9 Å². The lowest BCUT2D eigenvalue weighted by atomic mass is 10.1. The van der Waals surface area contributed by atoms with Crippen molar-refractivity contribution in [3.63, 3.8) is 0 Å². The van der Waals surface area contributed by atoms with Crippen molar-refractivity contribution in [3.8, 4) is 0 Å². The van der Waals surface area contributed by atoms with E-state index in [4.69, 9.17) is 0 Å². The minimum absolute atomic E-state index is 0.00259. The van der Waals surface area contributed by atoms with E-state index in [0.717, 1.165) is 13.0 Å². The molecule has 2 unspecified atom stereocenters. The van der Waals surface area contributed by atoms with Crippen molar-refractivity contribution in [1.82, 2.24) is 10.2 Å². The normalized spacial score (nSPS) is 32.6. The van der Waals surface area contributed by atoms with Gasteiger partial charge in [0, 0.05) is 19.6 Å². The fourth-order valence-corrected chi connectivity index (χ4v) is 1.44. The Balaban J connectivity index is 2.59. The molecule has 0 radical (unpaired) electrons. The topological polar surface area (TPSA) is 32.3 Å². The Kier molecular flexibility index (Phi) is 2.49. The molecule has 0 aliphatic carbocycles. The zero-order valence-electron chi connectivity index (χ0n) is 7.42. The van der Waals surface area contributed by atoms with Crippen LogP contribution < -0.4 is 5.32 Å². The minimum Gasteiger partial charge on any atom is -0.340 e. The molecule has 64 valence electrons. The molecule has 1 fully saturated rings. The number of rotatable bonds is 1. The number of nitrogens with one attached hydrogen (secondary N) is 1. The van der Waals surface area contributed by atoms with Crippen molar-refractivity contribution in [2.24, 2.45) is 0 Å². The molecule has 0 spiro atoms. The van der Waals surface area contributed by atoms with Crippen molar-refractivity contribution < 1.29 is 4.79 Å².